The molecule has 0 spiro atoms. The predicted molar refractivity (Wildman–Crippen MR) is 72.0 cm³/mol. The van der Waals surface area contributed by atoms with Crippen molar-refractivity contribution in [2.24, 2.45) is 23.2 Å². The first-order valence-corrected chi connectivity index (χ1v) is 7.54. The van der Waals surface area contributed by atoms with Gasteiger partial charge in [0.25, 0.3) is 0 Å². The molecule has 0 aromatic carbocycles. The van der Waals surface area contributed by atoms with Gasteiger partial charge in [0.15, 0.2) is 0 Å². The highest BCUT2D eigenvalue weighted by Gasteiger charge is 2.51. The molecule has 2 unspecified atom stereocenters. The highest BCUT2D eigenvalue weighted by atomic mass is 16.3. The number of amides is 1. The molecule has 0 aromatic rings. The summed E-state index contributed by atoms with van der Waals surface area (Å²) in [6, 6.07) is 0. The van der Waals surface area contributed by atoms with Crippen LogP contribution in [0.1, 0.15) is 52.4 Å². The number of carbonyl (C=O) groups excluding carboxylic acids is 1. The van der Waals surface area contributed by atoms with Gasteiger partial charge in [0.05, 0.1) is 0 Å². The van der Waals surface area contributed by atoms with Crippen molar-refractivity contribution in [3.05, 3.63) is 0 Å². The summed E-state index contributed by atoms with van der Waals surface area (Å²) in [5.74, 6) is 2.12. The fourth-order valence-electron chi connectivity index (χ4n) is 3.15. The largest absolute Gasteiger partial charge is 0.396 e. The third-order valence-corrected chi connectivity index (χ3v) is 5.18. The second kappa shape index (κ2) is 5.60. The standard InChI is InChI=1S/C15H27NO2/c1-3-15(4-2,7-8-17)10-16-14(18)13-9-12(13)11-5-6-11/h11-13,17H,3-10H2,1-2H3,(H,16,18). The van der Waals surface area contributed by atoms with Crippen LogP contribution in [0.15, 0.2) is 0 Å². The zero-order valence-corrected chi connectivity index (χ0v) is 11.7. The second-order valence-corrected chi connectivity index (χ2v) is 6.24. The van der Waals surface area contributed by atoms with Gasteiger partial charge >= 0.3 is 0 Å². The van der Waals surface area contributed by atoms with Gasteiger partial charge in [0, 0.05) is 19.1 Å². The Kier molecular flexibility index (Phi) is 4.31. The van der Waals surface area contributed by atoms with Crippen molar-refractivity contribution in [2.45, 2.75) is 52.4 Å². The van der Waals surface area contributed by atoms with E-state index in [-0.39, 0.29) is 17.9 Å². The molecule has 0 heterocycles. The van der Waals surface area contributed by atoms with E-state index in [1.54, 1.807) is 0 Å². The molecule has 104 valence electrons. The molecular weight excluding hydrogens is 226 g/mol. The monoisotopic (exact) mass is 253 g/mol. The van der Waals surface area contributed by atoms with E-state index in [0.29, 0.717) is 11.8 Å². The Bertz CT molecular complexity index is 295. The number of rotatable bonds is 8. The highest BCUT2D eigenvalue weighted by Crippen LogP contribution is 2.54. The summed E-state index contributed by atoms with van der Waals surface area (Å²) >= 11 is 0. The number of aliphatic hydroxyl groups excluding tert-OH is 1. The molecule has 0 saturated heterocycles. The Hall–Kier alpha value is -0.570. The van der Waals surface area contributed by atoms with Crippen LogP contribution in [-0.2, 0) is 4.79 Å². The highest BCUT2D eigenvalue weighted by molar-refractivity contribution is 5.81. The smallest absolute Gasteiger partial charge is 0.223 e. The number of nitrogens with one attached hydrogen (secondary N) is 1. The Balaban J connectivity index is 1.76. The molecule has 0 radical (unpaired) electrons. The minimum absolute atomic E-state index is 0.0916. The lowest BCUT2D eigenvalue weighted by atomic mass is 9.79. The number of carbonyl (C=O) groups is 1. The van der Waals surface area contributed by atoms with Gasteiger partial charge in [-0.05, 0) is 55.8 Å². The van der Waals surface area contributed by atoms with Crippen LogP contribution in [0.5, 0.6) is 0 Å². The van der Waals surface area contributed by atoms with Crippen LogP contribution in [0.3, 0.4) is 0 Å². The minimum atomic E-state index is 0.0916. The molecule has 18 heavy (non-hydrogen) atoms. The average molecular weight is 253 g/mol. The molecule has 0 aromatic heterocycles. The lowest BCUT2D eigenvalue weighted by Crippen LogP contribution is -2.38. The fraction of sp³-hybridized carbons (Fsp3) is 0.933. The maximum Gasteiger partial charge on any atom is 0.223 e. The Morgan fingerprint density at radius 1 is 1.33 bits per heavy atom. The van der Waals surface area contributed by atoms with Crippen LogP contribution < -0.4 is 5.32 Å². The molecule has 2 saturated carbocycles. The summed E-state index contributed by atoms with van der Waals surface area (Å²) in [4.78, 5) is 12.1. The van der Waals surface area contributed by atoms with Crippen LogP contribution in [0.25, 0.3) is 0 Å². The van der Waals surface area contributed by atoms with E-state index >= 15 is 0 Å². The van der Waals surface area contributed by atoms with Crippen molar-refractivity contribution in [3.8, 4) is 0 Å². The summed E-state index contributed by atoms with van der Waals surface area (Å²) in [6.07, 6.45) is 6.61. The van der Waals surface area contributed by atoms with Crippen LogP contribution in [-0.4, -0.2) is 24.2 Å². The summed E-state index contributed by atoms with van der Waals surface area (Å²) in [5, 5.41) is 12.3. The molecule has 2 aliphatic carbocycles. The normalized spacial score (nSPS) is 27.1. The zero-order valence-electron chi connectivity index (χ0n) is 11.7. The molecule has 2 N–H and O–H groups in total. The zero-order chi connectivity index (χ0) is 13.2. The molecule has 3 heteroatoms. The molecule has 2 fully saturated rings. The fourth-order valence-corrected chi connectivity index (χ4v) is 3.15. The van der Waals surface area contributed by atoms with Gasteiger partial charge in [-0.2, -0.15) is 0 Å². The first kappa shape index (κ1) is 13.9. The molecule has 1 amide bonds. The lowest BCUT2D eigenvalue weighted by Gasteiger charge is -2.31. The number of aliphatic hydroxyl groups is 1. The maximum absolute atomic E-state index is 12.1. The van der Waals surface area contributed by atoms with Gasteiger partial charge in [-0.1, -0.05) is 13.8 Å². The lowest BCUT2D eigenvalue weighted by molar-refractivity contribution is -0.123. The van der Waals surface area contributed by atoms with Crippen molar-refractivity contribution in [1.82, 2.24) is 5.32 Å². The molecule has 2 rings (SSSR count). The molecular formula is C15H27NO2. The van der Waals surface area contributed by atoms with Crippen LogP contribution in [0.4, 0.5) is 0 Å². The summed E-state index contributed by atoms with van der Waals surface area (Å²) in [7, 11) is 0. The van der Waals surface area contributed by atoms with E-state index in [2.05, 4.69) is 19.2 Å². The van der Waals surface area contributed by atoms with Crippen molar-refractivity contribution < 1.29 is 9.90 Å². The quantitative estimate of drug-likeness (QED) is 0.697. The van der Waals surface area contributed by atoms with E-state index in [0.717, 1.165) is 38.1 Å². The van der Waals surface area contributed by atoms with Crippen molar-refractivity contribution in [3.63, 3.8) is 0 Å². The second-order valence-electron chi connectivity index (χ2n) is 6.24. The molecule has 2 atom stereocenters. The maximum atomic E-state index is 12.1. The van der Waals surface area contributed by atoms with Gasteiger partial charge in [-0.15, -0.1) is 0 Å². The Morgan fingerprint density at radius 2 is 2.00 bits per heavy atom. The number of hydrogen-bond donors (Lipinski definition) is 2. The van der Waals surface area contributed by atoms with Crippen LogP contribution in [0, 0.1) is 23.2 Å². The van der Waals surface area contributed by atoms with Gasteiger partial charge in [-0.3, -0.25) is 4.79 Å². The SMILES string of the molecule is CCC(CC)(CCO)CNC(=O)C1CC1C1CC1. The van der Waals surface area contributed by atoms with E-state index in [4.69, 9.17) is 5.11 Å². The number of hydrogen-bond acceptors (Lipinski definition) is 2. The van der Waals surface area contributed by atoms with Gasteiger partial charge in [0.2, 0.25) is 5.91 Å². The summed E-state index contributed by atoms with van der Waals surface area (Å²) < 4.78 is 0. The van der Waals surface area contributed by atoms with Gasteiger partial charge in [0.1, 0.15) is 0 Å². The Labute approximate surface area is 110 Å². The molecule has 2 aliphatic rings. The van der Waals surface area contributed by atoms with Crippen LogP contribution >= 0.6 is 0 Å². The topological polar surface area (TPSA) is 49.3 Å². The molecule has 3 nitrogen and oxygen atoms in total. The first-order chi connectivity index (χ1) is 8.65. The van der Waals surface area contributed by atoms with Crippen LogP contribution in [0.2, 0.25) is 0 Å². The van der Waals surface area contributed by atoms with Crippen molar-refractivity contribution in [2.75, 3.05) is 13.2 Å². The van der Waals surface area contributed by atoms with E-state index < -0.39 is 0 Å². The van der Waals surface area contributed by atoms with E-state index in [9.17, 15) is 4.79 Å². The van der Waals surface area contributed by atoms with E-state index in [1.165, 1.54) is 12.8 Å². The minimum Gasteiger partial charge on any atom is -0.396 e. The van der Waals surface area contributed by atoms with Crippen molar-refractivity contribution in [1.29, 1.82) is 0 Å². The predicted octanol–water partition coefficient (Wildman–Crippen LogP) is 2.34. The van der Waals surface area contributed by atoms with Crippen molar-refractivity contribution >= 4 is 5.91 Å². The third kappa shape index (κ3) is 3.05. The average Bonchev–Trinajstić information content (AvgIpc) is 3.25. The van der Waals surface area contributed by atoms with E-state index in [1.807, 2.05) is 0 Å². The van der Waals surface area contributed by atoms with Gasteiger partial charge < -0.3 is 10.4 Å². The summed E-state index contributed by atoms with van der Waals surface area (Å²) in [5.41, 5.74) is 0.0916. The first-order valence-electron chi connectivity index (χ1n) is 7.54. The Morgan fingerprint density at radius 3 is 2.50 bits per heavy atom. The molecule has 0 aliphatic heterocycles. The molecule has 0 bridgehead atoms. The van der Waals surface area contributed by atoms with Gasteiger partial charge in [-0.25, -0.2) is 0 Å². The third-order valence-electron chi connectivity index (χ3n) is 5.18. The summed E-state index contributed by atoms with van der Waals surface area (Å²) in [6.45, 7) is 5.24.